The minimum absolute atomic E-state index is 0.0311. The van der Waals surface area contributed by atoms with E-state index in [0.717, 1.165) is 18.4 Å². The van der Waals surface area contributed by atoms with Gasteiger partial charge in [-0.1, -0.05) is 40.2 Å². The molecule has 0 aromatic carbocycles. The zero-order chi connectivity index (χ0) is 17.3. The highest BCUT2D eigenvalue weighted by atomic mass is 16.3. The van der Waals surface area contributed by atoms with Gasteiger partial charge in [0.15, 0.2) is 0 Å². The van der Waals surface area contributed by atoms with Crippen LogP contribution in [0.5, 0.6) is 0 Å². The molecule has 3 heteroatoms. The normalized spacial score (nSPS) is 40.7. The molecule has 2 rings (SSSR count). The maximum absolute atomic E-state index is 11.8. The molecule has 0 radical (unpaired) electrons. The van der Waals surface area contributed by atoms with E-state index in [4.69, 9.17) is 5.11 Å². The van der Waals surface area contributed by atoms with Crippen molar-refractivity contribution in [2.24, 2.45) is 22.7 Å². The minimum atomic E-state index is -0.683. The topological polar surface area (TPSA) is 60.7 Å². The van der Waals surface area contributed by atoms with Gasteiger partial charge in [-0.15, -0.1) is 0 Å². The van der Waals surface area contributed by atoms with Gasteiger partial charge in [-0.05, 0) is 66.8 Å². The van der Waals surface area contributed by atoms with E-state index in [1.54, 1.807) is 6.08 Å². The van der Waals surface area contributed by atoms with Gasteiger partial charge in [0.25, 0.3) is 0 Å². The van der Waals surface area contributed by atoms with E-state index >= 15 is 0 Å². The SMILES string of the molecule is C[C@@H]1CC[C@@H]2C(C)(C)CCC[C@@]2(C)[C@@]1(O)CC/C(=C\CO)CO. The number of rotatable bonds is 5. The van der Waals surface area contributed by atoms with Gasteiger partial charge in [0.1, 0.15) is 0 Å². The summed E-state index contributed by atoms with van der Waals surface area (Å²) in [4.78, 5) is 0. The molecule has 4 atom stereocenters. The Balaban J connectivity index is 2.27. The molecule has 0 bridgehead atoms. The summed E-state index contributed by atoms with van der Waals surface area (Å²) in [5.74, 6) is 0.844. The number of hydrogen-bond acceptors (Lipinski definition) is 3. The van der Waals surface area contributed by atoms with E-state index in [0.29, 0.717) is 24.2 Å². The Bertz CT molecular complexity index is 442. The fraction of sp³-hybridized carbons (Fsp3) is 0.900. The largest absolute Gasteiger partial charge is 0.392 e. The monoisotopic (exact) mass is 324 g/mol. The Morgan fingerprint density at radius 3 is 2.43 bits per heavy atom. The molecule has 2 aliphatic carbocycles. The van der Waals surface area contributed by atoms with Crippen molar-refractivity contribution in [3.8, 4) is 0 Å². The predicted octanol–water partition coefficient (Wildman–Crippen LogP) is 3.67. The van der Waals surface area contributed by atoms with Crippen molar-refractivity contribution < 1.29 is 15.3 Å². The Labute approximate surface area is 141 Å². The predicted molar refractivity (Wildman–Crippen MR) is 94.1 cm³/mol. The zero-order valence-electron chi connectivity index (χ0n) is 15.4. The van der Waals surface area contributed by atoms with Crippen molar-refractivity contribution in [2.75, 3.05) is 13.2 Å². The maximum Gasteiger partial charge on any atom is 0.0732 e. The highest BCUT2D eigenvalue weighted by Gasteiger charge is 2.60. The second kappa shape index (κ2) is 6.85. The molecular formula is C20H36O3. The van der Waals surface area contributed by atoms with Crippen LogP contribution in [0.3, 0.4) is 0 Å². The Hall–Kier alpha value is -0.380. The molecule has 0 unspecified atom stereocenters. The highest BCUT2D eigenvalue weighted by Crippen LogP contribution is 2.63. The second-order valence-electron chi connectivity index (χ2n) is 8.92. The van der Waals surface area contributed by atoms with Crippen LogP contribution in [0.25, 0.3) is 0 Å². The van der Waals surface area contributed by atoms with Crippen molar-refractivity contribution in [3.05, 3.63) is 11.6 Å². The first-order valence-electron chi connectivity index (χ1n) is 9.33. The molecule has 134 valence electrons. The Kier molecular flexibility index (Phi) is 5.65. The van der Waals surface area contributed by atoms with Crippen LogP contribution in [0.2, 0.25) is 0 Å². The first-order valence-corrected chi connectivity index (χ1v) is 9.33. The fourth-order valence-corrected chi connectivity index (χ4v) is 5.83. The van der Waals surface area contributed by atoms with Gasteiger partial charge in [0.2, 0.25) is 0 Å². The summed E-state index contributed by atoms with van der Waals surface area (Å²) in [6.07, 6.45) is 8.87. The van der Waals surface area contributed by atoms with Crippen molar-refractivity contribution in [1.29, 1.82) is 0 Å². The van der Waals surface area contributed by atoms with E-state index in [9.17, 15) is 10.2 Å². The van der Waals surface area contributed by atoms with Crippen LogP contribution >= 0.6 is 0 Å². The average Bonchev–Trinajstić information content (AvgIpc) is 2.48. The molecule has 3 N–H and O–H groups in total. The van der Waals surface area contributed by atoms with Gasteiger partial charge in [0, 0.05) is 0 Å². The number of fused-ring (bicyclic) bond motifs is 1. The van der Waals surface area contributed by atoms with Crippen molar-refractivity contribution in [3.63, 3.8) is 0 Å². The zero-order valence-corrected chi connectivity index (χ0v) is 15.4. The molecule has 0 amide bonds. The summed E-state index contributed by atoms with van der Waals surface area (Å²) in [7, 11) is 0. The lowest BCUT2D eigenvalue weighted by atomic mass is 9.44. The quantitative estimate of drug-likeness (QED) is 0.676. The molecule has 0 aromatic heterocycles. The summed E-state index contributed by atoms with van der Waals surface area (Å²) >= 11 is 0. The summed E-state index contributed by atoms with van der Waals surface area (Å²) in [5, 5.41) is 30.3. The van der Waals surface area contributed by atoms with Crippen molar-refractivity contribution >= 4 is 0 Å². The van der Waals surface area contributed by atoms with Crippen LogP contribution in [0.15, 0.2) is 11.6 Å². The Morgan fingerprint density at radius 1 is 1.13 bits per heavy atom. The molecular weight excluding hydrogens is 288 g/mol. The minimum Gasteiger partial charge on any atom is -0.392 e. The lowest BCUT2D eigenvalue weighted by Gasteiger charge is -2.63. The van der Waals surface area contributed by atoms with E-state index < -0.39 is 5.60 Å². The molecule has 0 spiro atoms. The van der Waals surface area contributed by atoms with Gasteiger partial charge in [-0.25, -0.2) is 0 Å². The molecule has 23 heavy (non-hydrogen) atoms. The summed E-state index contributed by atoms with van der Waals surface area (Å²) in [5.41, 5.74) is 0.402. The molecule has 0 aliphatic heterocycles. The van der Waals surface area contributed by atoms with Gasteiger partial charge in [-0.2, -0.15) is 0 Å². The molecule has 0 heterocycles. The van der Waals surface area contributed by atoms with Gasteiger partial charge >= 0.3 is 0 Å². The van der Waals surface area contributed by atoms with Crippen LogP contribution in [-0.2, 0) is 0 Å². The van der Waals surface area contributed by atoms with Gasteiger partial charge in [-0.3, -0.25) is 0 Å². The fourth-order valence-electron chi connectivity index (χ4n) is 5.83. The number of aliphatic hydroxyl groups is 3. The molecule has 2 saturated carbocycles. The van der Waals surface area contributed by atoms with E-state index in [1.807, 2.05) is 0 Å². The molecule has 0 aromatic rings. The maximum atomic E-state index is 11.8. The molecule has 2 aliphatic rings. The number of hydrogen-bond donors (Lipinski definition) is 3. The van der Waals surface area contributed by atoms with Crippen LogP contribution in [0, 0.1) is 22.7 Å². The van der Waals surface area contributed by atoms with Crippen LogP contribution < -0.4 is 0 Å². The van der Waals surface area contributed by atoms with Crippen molar-refractivity contribution in [2.45, 2.75) is 78.2 Å². The van der Waals surface area contributed by atoms with Crippen molar-refractivity contribution in [1.82, 2.24) is 0 Å². The molecule has 0 saturated heterocycles. The van der Waals surface area contributed by atoms with Crippen LogP contribution in [-0.4, -0.2) is 34.1 Å². The standard InChI is InChI=1S/C20H36O3/c1-15-6-7-17-18(2,3)10-5-11-19(17,4)20(15,23)12-8-16(14-22)9-13-21/h9,15,17,21-23H,5-8,10-14H2,1-4H3/b16-9+/t15-,17-,19-,20-/m1/s1. The molecule has 3 nitrogen and oxygen atoms in total. The van der Waals surface area contributed by atoms with Crippen LogP contribution in [0.4, 0.5) is 0 Å². The summed E-state index contributed by atoms with van der Waals surface area (Å²) in [6.45, 7) is 9.17. The Morgan fingerprint density at radius 2 is 1.83 bits per heavy atom. The lowest BCUT2D eigenvalue weighted by Crippen LogP contribution is -2.62. The highest BCUT2D eigenvalue weighted by molar-refractivity contribution is 5.13. The van der Waals surface area contributed by atoms with Gasteiger partial charge in [0.05, 0.1) is 18.8 Å². The second-order valence-corrected chi connectivity index (χ2v) is 8.92. The first-order chi connectivity index (χ1) is 10.7. The average molecular weight is 325 g/mol. The van der Waals surface area contributed by atoms with E-state index in [2.05, 4.69) is 27.7 Å². The van der Waals surface area contributed by atoms with E-state index in [-0.39, 0.29) is 24.5 Å². The third-order valence-corrected chi connectivity index (χ3v) is 7.33. The smallest absolute Gasteiger partial charge is 0.0732 e. The first kappa shape index (κ1) is 19.0. The lowest BCUT2D eigenvalue weighted by molar-refractivity contribution is -0.211. The van der Waals surface area contributed by atoms with Crippen LogP contribution in [0.1, 0.15) is 72.6 Å². The summed E-state index contributed by atoms with van der Waals surface area (Å²) in [6, 6.07) is 0. The molecule has 2 fully saturated rings. The summed E-state index contributed by atoms with van der Waals surface area (Å²) < 4.78 is 0. The van der Waals surface area contributed by atoms with E-state index in [1.165, 1.54) is 19.3 Å². The number of aliphatic hydroxyl groups excluding tert-OH is 2. The third-order valence-electron chi connectivity index (χ3n) is 7.33. The van der Waals surface area contributed by atoms with Gasteiger partial charge < -0.3 is 15.3 Å². The third kappa shape index (κ3) is 3.25.